The van der Waals surface area contributed by atoms with Crippen molar-refractivity contribution < 1.29 is 0 Å². The zero-order valence-electron chi connectivity index (χ0n) is 23.0. The van der Waals surface area contributed by atoms with E-state index < -0.39 is 0 Å². The number of fused-ring (bicyclic) bond motifs is 15. The first kappa shape index (κ1) is 22.7. The molecule has 0 amide bonds. The molecule has 0 aliphatic heterocycles. The fourth-order valence-electron chi connectivity index (χ4n) is 7.33. The molecule has 10 aromatic rings. The monoisotopic (exact) mass is 549 g/mol. The summed E-state index contributed by atoms with van der Waals surface area (Å²) in [6, 6.07) is 41.2. The minimum atomic E-state index is 0.912. The molecule has 5 heteroatoms. The van der Waals surface area contributed by atoms with Crippen molar-refractivity contribution in [1.29, 1.82) is 0 Å². The molecule has 200 valence electrons. The van der Waals surface area contributed by atoms with Crippen molar-refractivity contribution in [2.45, 2.75) is 0 Å². The molecule has 10 rings (SSSR count). The van der Waals surface area contributed by atoms with Crippen LogP contribution >= 0.6 is 0 Å². The van der Waals surface area contributed by atoms with Crippen molar-refractivity contribution in [1.82, 2.24) is 23.5 Å². The van der Waals surface area contributed by atoms with Crippen LogP contribution in [-0.2, 0) is 0 Å². The van der Waals surface area contributed by atoms with Crippen molar-refractivity contribution in [2.75, 3.05) is 0 Å². The number of nitrogens with zero attached hydrogens (tertiary/aromatic N) is 5. The summed E-state index contributed by atoms with van der Waals surface area (Å²) in [6.45, 7) is 0. The van der Waals surface area contributed by atoms with Gasteiger partial charge in [-0.05, 0) is 47.9 Å². The average molecular weight is 550 g/mol. The highest BCUT2D eigenvalue weighted by atomic mass is 15.0. The maximum atomic E-state index is 4.86. The van der Waals surface area contributed by atoms with Gasteiger partial charge in [0.15, 0.2) is 0 Å². The molecule has 0 spiro atoms. The third-order valence-electron chi connectivity index (χ3n) is 8.94. The number of hydrogen-bond donors (Lipinski definition) is 0. The Balaban J connectivity index is 1.66. The van der Waals surface area contributed by atoms with E-state index in [-0.39, 0.29) is 0 Å². The highest BCUT2D eigenvalue weighted by molar-refractivity contribution is 6.39. The smallest absolute Gasteiger partial charge is 0.146 e. The number of aromatic nitrogens is 5. The summed E-state index contributed by atoms with van der Waals surface area (Å²) in [5, 5.41) is 8.28. The van der Waals surface area contributed by atoms with Crippen molar-refractivity contribution in [3.8, 4) is 11.4 Å². The van der Waals surface area contributed by atoms with Gasteiger partial charge < -0.3 is 9.13 Å². The van der Waals surface area contributed by atoms with E-state index >= 15 is 0 Å². The molecule has 0 unspecified atom stereocenters. The van der Waals surface area contributed by atoms with Crippen LogP contribution in [-0.4, -0.2) is 23.5 Å². The predicted molar refractivity (Wildman–Crippen MR) is 177 cm³/mol. The highest BCUT2D eigenvalue weighted by Crippen LogP contribution is 2.48. The second-order valence-corrected chi connectivity index (χ2v) is 11.1. The third kappa shape index (κ3) is 2.85. The molecule has 5 aromatic heterocycles. The maximum Gasteiger partial charge on any atom is 0.146 e. The SMILES string of the molecule is c1ccc(-n2c3ccccc3c3c2c2c4ccncc4c4nccn4c2c2c4ccccc4n(-c4ccccc4)c32)cc1. The average Bonchev–Trinajstić information content (AvgIpc) is 3.78. The Morgan fingerprint density at radius 2 is 0.977 bits per heavy atom. The molecule has 0 saturated carbocycles. The molecule has 0 aliphatic rings. The fourth-order valence-corrected chi connectivity index (χ4v) is 7.33. The van der Waals surface area contributed by atoms with Gasteiger partial charge in [0.25, 0.3) is 0 Å². The number of imidazole rings is 1. The van der Waals surface area contributed by atoms with Gasteiger partial charge in [-0.25, -0.2) is 4.98 Å². The maximum absolute atomic E-state index is 4.86. The minimum absolute atomic E-state index is 0.912. The number of hydrogen-bond acceptors (Lipinski definition) is 2. The van der Waals surface area contributed by atoms with Crippen LogP contribution in [0.3, 0.4) is 0 Å². The predicted octanol–water partition coefficient (Wildman–Crippen LogP) is 9.23. The van der Waals surface area contributed by atoms with Crippen LogP contribution in [0.5, 0.6) is 0 Å². The molecule has 0 radical (unpaired) electrons. The van der Waals surface area contributed by atoms with E-state index in [1.54, 1.807) is 0 Å². The van der Waals surface area contributed by atoms with Gasteiger partial charge in [-0.1, -0.05) is 72.8 Å². The highest BCUT2D eigenvalue weighted by Gasteiger charge is 2.27. The van der Waals surface area contributed by atoms with Gasteiger partial charge >= 0.3 is 0 Å². The summed E-state index contributed by atoms with van der Waals surface area (Å²) in [4.78, 5) is 9.41. The summed E-state index contributed by atoms with van der Waals surface area (Å²) in [5.41, 5.74) is 9.07. The van der Waals surface area contributed by atoms with Crippen LogP contribution in [0.15, 0.2) is 140 Å². The zero-order valence-corrected chi connectivity index (χ0v) is 23.0. The van der Waals surface area contributed by atoms with E-state index in [4.69, 9.17) is 4.98 Å². The zero-order chi connectivity index (χ0) is 28.1. The number of rotatable bonds is 2. The summed E-state index contributed by atoms with van der Waals surface area (Å²) in [5.74, 6) is 0. The van der Waals surface area contributed by atoms with E-state index in [9.17, 15) is 0 Å². The molecular formula is C38H23N5. The molecule has 0 fully saturated rings. The van der Waals surface area contributed by atoms with Gasteiger partial charge in [-0.2, -0.15) is 0 Å². The van der Waals surface area contributed by atoms with Gasteiger partial charge in [0.05, 0.1) is 27.6 Å². The lowest BCUT2D eigenvalue weighted by Crippen LogP contribution is -1.99. The van der Waals surface area contributed by atoms with Crippen molar-refractivity contribution in [2.24, 2.45) is 0 Å². The molecule has 5 nitrogen and oxygen atoms in total. The van der Waals surface area contributed by atoms with E-state index in [2.05, 4.69) is 140 Å². The molecular weight excluding hydrogens is 526 g/mol. The van der Waals surface area contributed by atoms with Crippen LogP contribution in [0.1, 0.15) is 0 Å². The first-order valence-corrected chi connectivity index (χ1v) is 14.5. The standard InChI is InChI=1S/C38H23N5/c1-3-11-24(12-4-1)42-31-18-10-8-16-28(31)34-36(42)32-26-19-20-39-23-29(26)38-40-21-22-41(38)35(32)33-27-15-7-9-17-30(27)43(37(33)34)25-13-5-2-6-14-25/h1-23H. The lowest BCUT2D eigenvalue weighted by atomic mass is 9.99. The van der Waals surface area contributed by atoms with Crippen LogP contribution in [0, 0.1) is 0 Å². The second kappa shape index (κ2) is 8.30. The van der Waals surface area contributed by atoms with Crippen molar-refractivity contribution in [3.05, 3.63) is 140 Å². The molecule has 0 atom stereocenters. The van der Waals surface area contributed by atoms with Crippen LogP contribution in [0.4, 0.5) is 0 Å². The van der Waals surface area contributed by atoms with Crippen LogP contribution in [0.2, 0.25) is 0 Å². The van der Waals surface area contributed by atoms with Gasteiger partial charge in [-0.3, -0.25) is 9.38 Å². The topological polar surface area (TPSA) is 40.1 Å². The lowest BCUT2D eigenvalue weighted by molar-refractivity contribution is 1.18. The Kier molecular flexibility index (Phi) is 4.39. The Morgan fingerprint density at radius 3 is 1.60 bits per heavy atom. The van der Waals surface area contributed by atoms with Gasteiger partial charge in [0, 0.05) is 68.5 Å². The van der Waals surface area contributed by atoms with Crippen LogP contribution in [0.25, 0.3) is 82.3 Å². The summed E-state index contributed by atoms with van der Waals surface area (Å²) in [7, 11) is 0. The molecule has 0 aliphatic carbocycles. The van der Waals surface area contributed by atoms with E-state index in [0.29, 0.717) is 0 Å². The number of para-hydroxylation sites is 4. The summed E-state index contributed by atoms with van der Waals surface area (Å²) < 4.78 is 7.17. The summed E-state index contributed by atoms with van der Waals surface area (Å²) in [6.07, 6.45) is 7.86. The van der Waals surface area contributed by atoms with E-state index in [1.165, 1.54) is 49.0 Å². The van der Waals surface area contributed by atoms with Gasteiger partial charge in [0.2, 0.25) is 0 Å². The lowest BCUT2D eigenvalue weighted by Gasteiger charge is -2.16. The largest absolute Gasteiger partial charge is 0.308 e. The van der Waals surface area contributed by atoms with Gasteiger partial charge in [0.1, 0.15) is 5.65 Å². The van der Waals surface area contributed by atoms with E-state index in [0.717, 1.165) is 33.3 Å². The first-order chi connectivity index (χ1) is 21.4. The molecule has 0 N–H and O–H groups in total. The first-order valence-electron chi connectivity index (χ1n) is 14.5. The van der Waals surface area contributed by atoms with Gasteiger partial charge in [-0.15, -0.1) is 0 Å². The van der Waals surface area contributed by atoms with Crippen molar-refractivity contribution in [3.63, 3.8) is 0 Å². The molecule has 5 aromatic carbocycles. The molecule has 0 bridgehead atoms. The Bertz CT molecular complexity index is 2710. The molecule has 5 heterocycles. The fraction of sp³-hybridized carbons (Fsp3) is 0. The number of benzene rings is 5. The number of pyridine rings is 2. The second-order valence-electron chi connectivity index (χ2n) is 11.1. The normalized spacial score (nSPS) is 12.2. The van der Waals surface area contributed by atoms with E-state index in [1.807, 2.05) is 18.6 Å². The molecule has 0 saturated heterocycles. The third-order valence-corrected chi connectivity index (χ3v) is 8.94. The van der Waals surface area contributed by atoms with Crippen molar-refractivity contribution >= 4 is 70.9 Å². The Hall–Kier alpha value is -5.94. The quantitative estimate of drug-likeness (QED) is 0.202. The Labute approximate surface area is 245 Å². The minimum Gasteiger partial charge on any atom is -0.308 e. The molecule has 43 heavy (non-hydrogen) atoms. The summed E-state index contributed by atoms with van der Waals surface area (Å²) >= 11 is 0. The van der Waals surface area contributed by atoms with Crippen LogP contribution < -0.4 is 0 Å². The Morgan fingerprint density at radius 1 is 0.442 bits per heavy atom.